The van der Waals surface area contributed by atoms with Crippen LogP contribution in [0.3, 0.4) is 0 Å². The molecule has 0 aromatic carbocycles. The summed E-state index contributed by atoms with van der Waals surface area (Å²) < 4.78 is 5.42. The fourth-order valence-electron chi connectivity index (χ4n) is 8.07. The summed E-state index contributed by atoms with van der Waals surface area (Å²) in [6.45, 7) is 4.81. The van der Waals surface area contributed by atoms with Gasteiger partial charge in [-0.2, -0.15) is 0 Å². The molecule has 0 heterocycles. The smallest absolute Gasteiger partial charge is 0.305 e. The molecule has 0 bridgehead atoms. The summed E-state index contributed by atoms with van der Waals surface area (Å²) in [6.07, 6.45) is 65.5. The molecule has 0 rings (SSSR count). The highest BCUT2D eigenvalue weighted by atomic mass is 16.5. The first-order chi connectivity index (χ1) is 31.0. The lowest BCUT2D eigenvalue weighted by Crippen LogP contribution is -2.45. The number of aliphatic hydroxyl groups is 2. The van der Waals surface area contributed by atoms with Crippen LogP contribution in [0.4, 0.5) is 0 Å². The Kier molecular flexibility index (Phi) is 50.6. The maximum absolute atomic E-state index is 12.5. The van der Waals surface area contributed by atoms with Gasteiger partial charge in [-0.3, -0.25) is 9.59 Å². The molecule has 0 saturated carbocycles. The van der Waals surface area contributed by atoms with Crippen molar-refractivity contribution in [1.82, 2.24) is 5.32 Å². The molecule has 6 heteroatoms. The summed E-state index contributed by atoms with van der Waals surface area (Å²) in [7, 11) is 0. The molecule has 368 valence electrons. The number of hydrogen-bond acceptors (Lipinski definition) is 5. The van der Waals surface area contributed by atoms with E-state index < -0.39 is 12.1 Å². The summed E-state index contributed by atoms with van der Waals surface area (Å²) in [5, 5.41) is 23.1. The van der Waals surface area contributed by atoms with Gasteiger partial charge in [0.15, 0.2) is 0 Å². The zero-order chi connectivity index (χ0) is 45.8. The van der Waals surface area contributed by atoms with E-state index in [2.05, 4.69) is 55.6 Å². The van der Waals surface area contributed by atoms with Gasteiger partial charge in [0.2, 0.25) is 5.91 Å². The van der Waals surface area contributed by atoms with Crippen LogP contribution in [0.1, 0.15) is 277 Å². The van der Waals surface area contributed by atoms with Gasteiger partial charge in [-0.15, -0.1) is 0 Å². The highest BCUT2D eigenvalue weighted by Gasteiger charge is 2.18. The van der Waals surface area contributed by atoms with E-state index in [-0.39, 0.29) is 18.5 Å². The number of nitrogens with one attached hydrogen (secondary N) is 1. The van der Waals surface area contributed by atoms with Gasteiger partial charge in [-0.05, 0) is 83.5 Å². The van der Waals surface area contributed by atoms with Crippen molar-refractivity contribution in [1.29, 1.82) is 0 Å². The van der Waals surface area contributed by atoms with E-state index in [1.165, 1.54) is 173 Å². The van der Waals surface area contributed by atoms with E-state index in [4.69, 9.17) is 4.74 Å². The molecule has 2 atom stereocenters. The molecule has 0 aliphatic rings. The molecule has 0 aromatic heterocycles. The maximum atomic E-state index is 12.5. The predicted octanol–water partition coefficient (Wildman–Crippen LogP) is 16.6. The molecule has 0 aliphatic heterocycles. The molecule has 1 amide bonds. The number of unbranched alkanes of at least 4 members (excludes halogenated alkanes) is 34. The Balaban J connectivity index is 3.57. The fourth-order valence-corrected chi connectivity index (χ4v) is 8.07. The molecule has 63 heavy (non-hydrogen) atoms. The molecule has 6 nitrogen and oxygen atoms in total. The van der Waals surface area contributed by atoms with Crippen LogP contribution in [0.2, 0.25) is 0 Å². The first-order valence-corrected chi connectivity index (χ1v) is 27.4. The normalized spacial score (nSPS) is 13.0. The van der Waals surface area contributed by atoms with Crippen LogP contribution in [0, 0.1) is 0 Å². The van der Waals surface area contributed by atoms with E-state index in [1.807, 2.05) is 6.08 Å². The van der Waals surface area contributed by atoms with Gasteiger partial charge in [0.25, 0.3) is 0 Å². The number of esters is 1. The van der Waals surface area contributed by atoms with E-state index >= 15 is 0 Å². The summed E-state index contributed by atoms with van der Waals surface area (Å²) in [5.41, 5.74) is 0. The minimum atomic E-state index is -0.860. The highest BCUT2D eigenvalue weighted by molar-refractivity contribution is 5.76. The Bertz CT molecular complexity index is 1070. The third kappa shape index (κ3) is 49.1. The Morgan fingerprint density at radius 3 is 1.27 bits per heavy atom. The van der Waals surface area contributed by atoms with Gasteiger partial charge in [0, 0.05) is 12.8 Å². The Morgan fingerprint density at radius 2 is 0.810 bits per heavy atom. The van der Waals surface area contributed by atoms with Crippen molar-refractivity contribution < 1.29 is 24.5 Å². The van der Waals surface area contributed by atoms with Crippen molar-refractivity contribution in [3.8, 4) is 0 Å². The summed E-state index contributed by atoms with van der Waals surface area (Å²) >= 11 is 0. The quantitative estimate of drug-likeness (QED) is 0.0245. The maximum Gasteiger partial charge on any atom is 0.305 e. The van der Waals surface area contributed by atoms with Gasteiger partial charge in [-0.25, -0.2) is 0 Å². The Labute approximate surface area is 391 Å². The fraction of sp³-hybridized carbons (Fsp3) is 0.825. The molecule has 0 radical (unpaired) electrons. The largest absolute Gasteiger partial charge is 0.466 e. The number of amides is 1. The van der Waals surface area contributed by atoms with Crippen LogP contribution in [0.25, 0.3) is 0 Å². The molecule has 0 fully saturated rings. The second-order valence-corrected chi connectivity index (χ2v) is 18.6. The predicted molar refractivity (Wildman–Crippen MR) is 273 cm³/mol. The second-order valence-electron chi connectivity index (χ2n) is 18.6. The van der Waals surface area contributed by atoms with Crippen molar-refractivity contribution in [3.05, 3.63) is 48.6 Å². The van der Waals surface area contributed by atoms with E-state index in [0.717, 1.165) is 77.0 Å². The first kappa shape index (κ1) is 60.8. The van der Waals surface area contributed by atoms with Crippen molar-refractivity contribution in [3.63, 3.8) is 0 Å². The third-order valence-corrected chi connectivity index (χ3v) is 12.3. The molecule has 0 saturated heterocycles. The van der Waals surface area contributed by atoms with Crippen LogP contribution in [0.5, 0.6) is 0 Å². The number of aliphatic hydroxyl groups excluding tert-OH is 2. The lowest BCUT2D eigenvalue weighted by molar-refractivity contribution is -0.143. The van der Waals surface area contributed by atoms with Crippen molar-refractivity contribution in [2.45, 2.75) is 289 Å². The Morgan fingerprint density at radius 1 is 0.444 bits per heavy atom. The molecule has 0 aliphatic carbocycles. The number of ether oxygens (including phenoxy) is 1. The summed E-state index contributed by atoms with van der Waals surface area (Å²) in [4.78, 5) is 24.4. The number of rotatable bonds is 50. The van der Waals surface area contributed by atoms with Gasteiger partial charge in [0.1, 0.15) is 0 Å². The molecule has 3 N–H and O–H groups in total. The average Bonchev–Trinajstić information content (AvgIpc) is 3.28. The van der Waals surface area contributed by atoms with Crippen LogP contribution in [-0.2, 0) is 14.3 Å². The summed E-state index contributed by atoms with van der Waals surface area (Å²) in [6, 6.07) is -0.646. The number of carbonyl (C=O) groups excluding carboxylic acids is 2. The zero-order valence-corrected chi connectivity index (χ0v) is 41.8. The minimum absolute atomic E-state index is 0.0344. The molecule has 0 spiro atoms. The zero-order valence-electron chi connectivity index (χ0n) is 41.8. The van der Waals surface area contributed by atoms with Crippen LogP contribution < -0.4 is 5.32 Å². The topological polar surface area (TPSA) is 95.9 Å². The molecular weight excluding hydrogens is 779 g/mol. The van der Waals surface area contributed by atoms with Gasteiger partial charge >= 0.3 is 5.97 Å². The van der Waals surface area contributed by atoms with Gasteiger partial charge < -0.3 is 20.3 Å². The highest BCUT2D eigenvalue weighted by Crippen LogP contribution is 2.16. The van der Waals surface area contributed by atoms with E-state index in [1.54, 1.807) is 6.08 Å². The minimum Gasteiger partial charge on any atom is -0.466 e. The monoisotopic (exact) mass is 884 g/mol. The second kappa shape index (κ2) is 52.4. The molecule has 2 unspecified atom stereocenters. The third-order valence-electron chi connectivity index (χ3n) is 12.3. The SMILES string of the molecule is CCCC/C=C\CCCCCCCC(=O)OCCCCC/C=C\C=C/CCCCCCCCC(=O)NC(CO)C(O)/C=C/CCCCCCCCCCCCCCCCCCCC. The molecule has 0 aromatic rings. The Hall–Kier alpha value is -2.18. The summed E-state index contributed by atoms with van der Waals surface area (Å²) in [5.74, 6) is -0.125. The van der Waals surface area contributed by atoms with E-state index in [0.29, 0.717) is 19.4 Å². The number of allylic oxidation sites excluding steroid dienone is 7. The van der Waals surface area contributed by atoms with E-state index in [9.17, 15) is 19.8 Å². The first-order valence-electron chi connectivity index (χ1n) is 27.4. The van der Waals surface area contributed by atoms with Crippen molar-refractivity contribution in [2.24, 2.45) is 0 Å². The average molecular weight is 884 g/mol. The lowest BCUT2D eigenvalue weighted by Gasteiger charge is -2.20. The van der Waals surface area contributed by atoms with Crippen molar-refractivity contribution >= 4 is 11.9 Å². The standard InChI is InChI=1S/C57H105NO5/c1-3-5-7-9-11-13-15-16-17-18-19-20-21-23-26-30-33-37-41-45-49-55(60)54(53-59)58-56(61)50-46-42-38-34-31-27-24-22-25-28-32-36-40-44-48-52-63-57(62)51-47-43-39-35-29-14-12-10-8-6-4-2/h10,12,22,25,28,32,45,49,54-55,59-60H,3-9,11,13-21,23-24,26-27,29-31,33-44,46-48,50-53H2,1-2H3,(H,58,61)/b12-10-,25-22-,32-28-,49-45+. The van der Waals surface area contributed by atoms with Crippen LogP contribution in [0.15, 0.2) is 48.6 Å². The number of carbonyl (C=O) groups is 2. The lowest BCUT2D eigenvalue weighted by atomic mass is 10.0. The van der Waals surface area contributed by atoms with Crippen molar-refractivity contribution in [2.75, 3.05) is 13.2 Å². The van der Waals surface area contributed by atoms with Gasteiger partial charge in [-0.1, -0.05) is 229 Å². The molecular formula is C57H105NO5. The number of hydrogen-bond donors (Lipinski definition) is 3. The van der Waals surface area contributed by atoms with Crippen LogP contribution in [-0.4, -0.2) is 47.4 Å². The van der Waals surface area contributed by atoms with Gasteiger partial charge in [0.05, 0.1) is 25.4 Å². The van der Waals surface area contributed by atoms with Crippen LogP contribution >= 0.6 is 0 Å².